The summed E-state index contributed by atoms with van der Waals surface area (Å²) in [7, 11) is 0. The second-order valence-electron chi connectivity index (χ2n) is 4.59. The van der Waals surface area contributed by atoms with E-state index in [0.29, 0.717) is 5.56 Å². The number of aliphatic hydroxyl groups is 1. The predicted molar refractivity (Wildman–Crippen MR) is 86.9 cm³/mol. The van der Waals surface area contributed by atoms with E-state index in [1.165, 1.54) is 11.3 Å². The minimum Gasteiger partial charge on any atom is -0.456 e. The molecule has 2 aromatic heterocycles. The summed E-state index contributed by atoms with van der Waals surface area (Å²) in [5, 5.41) is 15.9. The first-order valence-corrected chi connectivity index (χ1v) is 8.42. The molecule has 0 unspecified atom stereocenters. The molecule has 0 fully saturated rings. The lowest BCUT2D eigenvalue weighted by Gasteiger charge is -2.03. The van der Waals surface area contributed by atoms with Gasteiger partial charge in [-0.1, -0.05) is 12.1 Å². The van der Waals surface area contributed by atoms with E-state index in [1.54, 1.807) is 35.6 Å². The van der Waals surface area contributed by atoms with Gasteiger partial charge >= 0.3 is 5.97 Å². The summed E-state index contributed by atoms with van der Waals surface area (Å²) in [6.45, 7) is 0.112. The number of carbonyl (C=O) groups excluding carboxylic acids is 1. The number of aliphatic hydroxyl groups excluding tert-OH is 1. The monoisotopic (exact) mass is 331 g/mol. The number of esters is 1. The zero-order chi connectivity index (χ0) is 15.4. The van der Waals surface area contributed by atoms with Gasteiger partial charge in [-0.3, -0.25) is 0 Å². The van der Waals surface area contributed by atoms with E-state index in [4.69, 9.17) is 9.84 Å². The average molecular weight is 331 g/mol. The van der Waals surface area contributed by atoms with Crippen LogP contribution in [0.5, 0.6) is 0 Å². The Balaban J connectivity index is 1.61. The second kappa shape index (κ2) is 6.83. The van der Waals surface area contributed by atoms with Gasteiger partial charge in [0.1, 0.15) is 11.6 Å². The molecule has 3 aromatic rings. The van der Waals surface area contributed by atoms with E-state index in [1.807, 2.05) is 22.2 Å². The van der Waals surface area contributed by atoms with E-state index in [-0.39, 0.29) is 13.2 Å². The van der Waals surface area contributed by atoms with Crippen molar-refractivity contribution in [2.45, 2.75) is 13.2 Å². The number of rotatable bonds is 5. The van der Waals surface area contributed by atoms with Crippen LogP contribution in [-0.4, -0.2) is 16.1 Å². The predicted octanol–water partition coefficient (Wildman–Crippen LogP) is 3.72. The van der Waals surface area contributed by atoms with Crippen LogP contribution in [0.15, 0.2) is 46.5 Å². The summed E-state index contributed by atoms with van der Waals surface area (Å²) in [5.41, 5.74) is 3.06. The van der Waals surface area contributed by atoms with Crippen molar-refractivity contribution in [3.8, 4) is 10.6 Å². The van der Waals surface area contributed by atoms with Crippen LogP contribution in [0.3, 0.4) is 0 Å². The van der Waals surface area contributed by atoms with E-state index in [9.17, 15) is 4.79 Å². The molecule has 0 amide bonds. The smallest absolute Gasteiger partial charge is 0.338 e. The molecule has 112 valence electrons. The van der Waals surface area contributed by atoms with Crippen molar-refractivity contribution in [1.29, 1.82) is 0 Å². The fraction of sp³-hybridized carbons (Fsp3) is 0.125. The van der Waals surface area contributed by atoms with Gasteiger partial charge in [0.25, 0.3) is 0 Å². The Morgan fingerprint density at radius 3 is 2.68 bits per heavy atom. The molecule has 0 saturated heterocycles. The zero-order valence-electron chi connectivity index (χ0n) is 11.6. The fourth-order valence-corrected chi connectivity index (χ4v) is 3.38. The Morgan fingerprint density at radius 2 is 2.00 bits per heavy atom. The molecule has 1 aromatic carbocycles. The number of thiazole rings is 1. The van der Waals surface area contributed by atoms with Gasteiger partial charge in [-0.2, -0.15) is 11.3 Å². The Labute approximate surface area is 135 Å². The molecular formula is C16H13NO3S2. The Kier molecular flexibility index (Phi) is 4.62. The van der Waals surface area contributed by atoms with Gasteiger partial charge in [0.15, 0.2) is 0 Å². The van der Waals surface area contributed by atoms with E-state index in [0.717, 1.165) is 21.8 Å². The van der Waals surface area contributed by atoms with Crippen molar-refractivity contribution >= 4 is 28.6 Å². The molecule has 2 heterocycles. The van der Waals surface area contributed by atoms with Crippen molar-refractivity contribution in [1.82, 2.24) is 4.98 Å². The third-order valence-corrected chi connectivity index (χ3v) is 4.67. The van der Waals surface area contributed by atoms with Crippen LogP contribution in [0, 0.1) is 0 Å². The second-order valence-corrected chi connectivity index (χ2v) is 6.23. The van der Waals surface area contributed by atoms with Gasteiger partial charge in [0, 0.05) is 16.3 Å². The van der Waals surface area contributed by atoms with Gasteiger partial charge in [-0.25, -0.2) is 9.78 Å². The van der Waals surface area contributed by atoms with Crippen LogP contribution in [0.25, 0.3) is 10.6 Å². The van der Waals surface area contributed by atoms with Gasteiger partial charge in [-0.15, -0.1) is 11.3 Å². The van der Waals surface area contributed by atoms with E-state index >= 15 is 0 Å². The molecule has 0 atom stereocenters. The highest BCUT2D eigenvalue weighted by Gasteiger charge is 2.10. The largest absolute Gasteiger partial charge is 0.456 e. The summed E-state index contributed by atoms with van der Waals surface area (Å²) in [4.78, 5) is 16.4. The number of hydrogen-bond acceptors (Lipinski definition) is 6. The van der Waals surface area contributed by atoms with Gasteiger partial charge < -0.3 is 9.84 Å². The summed E-state index contributed by atoms with van der Waals surface area (Å²) < 4.78 is 5.26. The SMILES string of the molecule is O=C(OCc1csc(-c2ccsc2)n1)c1ccc(CO)cc1. The molecule has 0 aliphatic rings. The minimum atomic E-state index is -0.394. The minimum absolute atomic E-state index is 0.0422. The van der Waals surface area contributed by atoms with Gasteiger partial charge in [0.2, 0.25) is 0 Å². The summed E-state index contributed by atoms with van der Waals surface area (Å²) in [6.07, 6.45) is 0. The first-order chi connectivity index (χ1) is 10.8. The standard InChI is InChI=1S/C16H13NO3S2/c18-7-11-1-3-12(4-2-11)16(19)20-8-14-10-22-15(17-14)13-5-6-21-9-13/h1-6,9-10,18H,7-8H2. The Morgan fingerprint density at radius 1 is 1.18 bits per heavy atom. The number of hydrogen-bond donors (Lipinski definition) is 1. The van der Waals surface area contributed by atoms with Crippen LogP contribution in [0.1, 0.15) is 21.6 Å². The molecular weight excluding hydrogens is 318 g/mol. The van der Waals surface area contributed by atoms with Crippen molar-refractivity contribution in [3.05, 3.63) is 63.3 Å². The molecule has 6 heteroatoms. The highest BCUT2D eigenvalue weighted by atomic mass is 32.1. The topological polar surface area (TPSA) is 59.4 Å². The number of benzene rings is 1. The first-order valence-electron chi connectivity index (χ1n) is 6.60. The maximum Gasteiger partial charge on any atom is 0.338 e. The number of carbonyl (C=O) groups is 1. The third-order valence-electron chi connectivity index (χ3n) is 3.04. The lowest BCUT2D eigenvalue weighted by molar-refractivity contribution is 0.0468. The summed E-state index contributed by atoms with van der Waals surface area (Å²) in [6, 6.07) is 8.71. The summed E-state index contributed by atoms with van der Waals surface area (Å²) in [5.74, 6) is -0.394. The maximum absolute atomic E-state index is 11.9. The zero-order valence-corrected chi connectivity index (χ0v) is 13.2. The normalized spacial score (nSPS) is 10.6. The summed E-state index contributed by atoms with van der Waals surface area (Å²) >= 11 is 3.16. The molecule has 0 aliphatic heterocycles. The van der Waals surface area contributed by atoms with Gasteiger partial charge in [0.05, 0.1) is 17.9 Å². The Bertz CT molecular complexity index is 748. The number of aromatic nitrogens is 1. The van der Waals surface area contributed by atoms with Gasteiger partial charge in [-0.05, 0) is 29.1 Å². The molecule has 0 bridgehead atoms. The van der Waals surface area contributed by atoms with Crippen molar-refractivity contribution in [2.24, 2.45) is 0 Å². The molecule has 0 saturated carbocycles. The lowest BCUT2D eigenvalue weighted by atomic mass is 10.1. The molecule has 0 aliphatic carbocycles. The number of thiophene rings is 1. The highest BCUT2D eigenvalue weighted by Crippen LogP contribution is 2.26. The van der Waals surface area contributed by atoms with Crippen molar-refractivity contribution < 1.29 is 14.6 Å². The molecule has 3 rings (SSSR count). The van der Waals surface area contributed by atoms with Crippen molar-refractivity contribution in [2.75, 3.05) is 0 Å². The first kappa shape index (κ1) is 14.9. The van der Waals surface area contributed by atoms with E-state index in [2.05, 4.69) is 4.98 Å². The van der Waals surface area contributed by atoms with E-state index < -0.39 is 5.97 Å². The fourth-order valence-electron chi connectivity index (χ4n) is 1.86. The number of nitrogens with zero attached hydrogens (tertiary/aromatic N) is 1. The van der Waals surface area contributed by atoms with Crippen LogP contribution in [-0.2, 0) is 18.0 Å². The van der Waals surface area contributed by atoms with Crippen LogP contribution < -0.4 is 0 Å². The quantitative estimate of drug-likeness (QED) is 0.724. The third kappa shape index (κ3) is 3.41. The van der Waals surface area contributed by atoms with Crippen LogP contribution in [0.2, 0.25) is 0 Å². The Hall–Kier alpha value is -2.02. The van der Waals surface area contributed by atoms with Crippen LogP contribution in [0.4, 0.5) is 0 Å². The molecule has 4 nitrogen and oxygen atoms in total. The number of ether oxygens (including phenoxy) is 1. The molecule has 0 spiro atoms. The highest BCUT2D eigenvalue weighted by molar-refractivity contribution is 7.14. The van der Waals surface area contributed by atoms with Crippen LogP contribution >= 0.6 is 22.7 Å². The molecule has 1 N–H and O–H groups in total. The molecule has 22 heavy (non-hydrogen) atoms. The molecule has 0 radical (unpaired) electrons. The average Bonchev–Trinajstić information content (AvgIpc) is 3.23. The van der Waals surface area contributed by atoms with Crippen molar-refractivity contribution in [3.63, 3.8) is 0 Å². The lowest BCUT2D eigenvalue weighted by Crippen LogP contribution is -2.05. The maximum atomic E-state index is 11.9.